The summed E-state index contributed by atoms with van der Waals surface area (Å²) in [5.41, 5.74) is 0.106. The molecule has 1 rings (SSSR count). The molecule has 0 saturated heterocycles. The summed E-state index contributed by atoms with van der Waals surface area (Å²) in [4.78, 5) is 4.47. The Morgan fingerprint density at radius 3 is 2.23 bits per heavy atom. The molecule has 0 amide bonds. The van der Waals surface area contributed by atoms with E-state index in [1.54, 1.807) is 0 Å². The molecule has 0 heterocycles. The third kappa shape index (κ3) is 2.44. The minimum Gasteiger partial charge on any atom is -0.252 e. The highest BCUT2D eigenvalue weighted by molar-refractivity contribution is 4.85. The largest absolute Gasteiger partial charge is 0.252 e. The van der Waals surface area contributed by atoms with Crippen LogP contribution in [0.5, 0.6) is 0 Å². The number of hydrogen-bond donors (Lipinski definition) is 1. The molecule has 78 valence electrons. The standard InChI is InChI=1S/C11H22O2/c1-9(13-12)11(2,3)10-7-5-4-6-8-10/h9-10,12H,4-8H2,1-3H3. The minimum absolute atomic E-state index is 0.0596. The lowest BCUT2D eigenvalue weighted by Gasteiger charge is -2.39. The molecule has 0 aliphatic heterocycles. The van der Waals surface area contributed by atoms with E-state index in [1.807, 2.05) is 6.92 Å². The van der Waals surface area contributed by atoms with Crippen molar-refractivity contribution >= 4 is 0 Å². The van der Waals surface area contributed by atoms with Gasteiger partial charge < -0.3 is 0 Å². The van der Waals surface area contributed by atoms with Crippen LogP contribution in [0.2, 0.25) is 0 Å². The first-order chi connectivity index (χ1) is 6.09. The van der Waals surface area contributed by atoms with Crippen molar-refractivity contribution < 1.29 is 10.1 Å². The lowest BCUT2D eigenvalue weighted by molar-refractivity contribution is -0.301. The monoisotopic (exact) mass is 186 g/mol. The van der Waals surface area contributed by atoms with E-state index in [4.69, 9.17) is 5.26 Å². The van der Waals surface area contributed by atoms with Gasteiger partial charge in [0.25, 0.3) is 0 Å². The molecule has 1 aliphatic carbocycles. The normalized spacial score (nSPS) is 23.1. The van der Waals surface area contributed by atoms with Gasteiger partial charge in [0.1, 0.15) is 0 Å². The highest BCUT2D eigenvalue weighted by Gasteiger charge is 2.36. The van der Waals surface area contributed by atoms with Gasteiger partial charge in [-0.25, -0.2) is 4.89 Å². The zero-order valence-electron chi connectivity index (χ0n) is 9.05. The van der Waals surface area contributed by atoms with Crippen molar-refractivity contribution in [2.45, 2.75) is 59.0 Å². The van der Waals surface area contributed by atoms with Crippen LogP contribution in [-0.2, 0) is 4.89 Å². The summed E-state index contributed by atoms with van der Waals surface area (Å²) in [5.74, 6) is 0.711. The van der Waals surface area contributed by atoms with Crippen LogP contribution in [0, 0.1) is 11.3 Å². The van der Waals surface area contributed by atoms with Crippen LogP contribution in [0.15, 0.2) is 0 Å². The summed E-state index contributed by atoms with van der Waals surface area (Å²) in [6.07, 6.45) is 6.58. The van der Waals surface area contributed by atoms with Crippen LogP contribution in [0.1, 0.15) is 52.9 Å². The second-order valence-corrected chi connectivity index (χ2v) is 4.90. The van der Waals surface area contributed by atoms with Crippen LogP contribution in [0.3, 0.4) is 0 Å². The lowest BCUT2D eigenvalue weighted by atomic mass is 9.68. The van der Waals surface area contributed by atoms with Crippen molar-refractivity contribution in [3.05, 3.63) is 0 Å². The fourth-order valence-electron chi connectivity index (χ4n) is 2.31. The molecule has 1 unspecified atom stereocenters. The quantitative estimate of drug-likeness (QED) is 0.540. The van der Waals surface area contributed by atoms with Gasteiger partial charge in [-0.3, -0.25) is 5.26 Å². The molecule has 0 aromatic carbocycles. The molecule has 1 atom stereocenters. The first kappa shape index (κ1) is 11.0. The Hall–Kier alpha value is -0.0800. The molecule has 1 fully saturated rings. The maximum absolute atomic E-state index is 8.70. The topological polar surface area (TPSA) is 29.5 Å². The molecule has 0 spiro atoms. The fraction of sp³-hybridized carbons (Fsp3) is 1.00. The predicted molar refractivity (Wildman–Crippen MR) is 53.5 cm³/mol. The Morgan fingerprint density at radius 1 is 1.23 bits per heavy atom. The van der Waals surface area contributed by atoms with Gasteiger partial charge in [0, 0.05) is 0 Å². The number of hydrogen-bond acceptors (Lipinski definition) is 2. The van der Waals surface area contributed by atoms with Crippen LogP contribution >= 0.6 is 0 Å². The Morgan fingerprint density at radius 2 is 1.77 bits per heavy atom. The SMILES string of the molecule is CC(OO)C(C)(C)C1CCCCC1. The minimum atomic E-state index is -0.0596. The summed E-state index contributed by atoms with van der Waals surface area (Å²) in [6, 6.07) is 0. The molecule has 1 N–H and O–H groups in total. The zero-order valence-corrected chi connectivity index (χ0v) is 9.05. The van der Waals surface area contributed by atoms with Crippen molar-refractivity contribution in [2.24, 2.45) is 11.3 Å². The molecule has 13 heavy (non-hydrogen) atoms. The second-order valence-electron chi connectivity index (χ2n) is 4.90. The van der Waals surface area contributed by atoms with Gasteiger partial charge in [-0.1, -0.05) is 33.1 Å². The van der Waals surface area contributed by atoms with Crippen LogP contribution < -0.4 is 0 Å². The summed E-state index contributed by atoms with van der Waals surface area (Å²) in [5, 5.41) is 8.70. The average Bonchev–Trinajstić information content (AvgIpc) is 2.18. The van der Waals surface area contributed by atoms with Crippen molar-refractivity contribution in [1.82, 2.24) is 0 Å². The smallest absolute Gasteiger partial charge is 0.0952 e. The molecule has 2 heteroatoms. The third-order valence-corrected chi connectivity index (χ3v) is 3.86. The fourth-order valence-corrected chi connectivity index (χ4v) is 2.31. The molecule has 0 radical (unpaired) electrons. The summed E-state index contributed by atoms with van der Waals surface area (Å²) in [6.45, 7) is 6.35. The molecular formula is C11H22O2. The van der Waals surface area contributed by atoms with E-state index in [0.29, 0.717) is 5.92 Å². The van der Waals surface area contributed by atoms with Gasteiger partial charge in [0.15, 0.2) is 0 Å². The predicted octanol–water partition coefficient (Wildman–Crippen LogP) is 3.47. The van der Waals surface area contributed by atoms with E-state index >= 15 is 0 Å². The van der Waals surface area contributed by atoms with Gasteiger partial charge in [-0.2, -0.15) is 0 Å². The summed E-state index contributed by atoms with van der Waals surface area (Å²) >= 11 is 0. The summed E-state index contributed by atoms with van der Waals surface area (Å²) < 4.78 is 0. The third-order valence-electron chi connectivity index (χ3n) is 3.86. The van der Waals surface area contributed by atoms with Gasteiger partial charge in [-0.15, -0.1) is 0 Å². The molecule has 1 aliphatic rings. The van der Waals surface area contributed by atoms with E-state index in [1.165, 1.54) is 32.1 Å². The first-order valence-electron chi connectivity index (χ1n) is 5.39. The highest BCUT2D eigenvalue weighted by atomic mass is 17.1. The highest BCUT2D eigenvalue weighted by Crippen LogP contribution is 2.41. The molecule has 1 saturated carbocycles. The Balaban J connectivity index is 2.55. The van der Waals surface area contributed by atoms with Gasteiger partial charge in [-0.05, 0) is 31.1 Å². The average molecular weight is 186 g/mol. The van der Waals surface area contributed by atoms with Crippen molar-refractivity contribution in [1.29, 1.82) is 0 Å². The van der Waals surface area contributed by atoms with Crippen LogP contribution in [0.25, 0.3) is 0 Å². The Bertz CT molecular complexity index is 148. The Labute approximate surface area is 81.2 Å². The molecule has 0 aromatic rings. The van der Waals surface area contributed by atoms with E-state index in [2.05, 4.69) is 18.7 Å². The first-order valence-corrected chi connectivity index (χ1v) is 5.39. The molecule has 0 aromatic heterocycles. The van der Waals surface area contributed by atoms with Crippen molar-refractivity contribution in [3.8, 4) is 0 Å². The molecule has 0 bridgehead atoms. The van der Waals surface area contributed by atoms with E-state index in [-0.39, 0.29) is 11.5 Å². The van der Waals surface area contributed by atoms with Crippen molar-refractivity contribution in [3.63, 3.8) is 0 Å². The van der Waals surface area contributed by atoms with Gasteiger partial charge >= 0.3 is 0 Å². The van der Waals surface area contributed by atoms with Crippen LogP contribution in [0.4, 0.5) is 0 Å². The van der Waals surface area contributed by atoms with E-state index < -0.39 is 0 Å². The van der Waals surface area contributed by atoms with Crippen LogP contribution in [-0.4, -0.2) is 11.4 Å². The molecular weight excluding hydrogens is 164 g/mol. The Kier molecular flexibility index (Phi) is 3.74. The second kappa shape index (κ2) is 4.43. The zero-order chi connectivity index (χ0) is 9.90. The molecule has 2 nitrogen and oxygen atoms in total. The summed E-state index contributed by atoms with van der Waals surface area (Å²) in [7, 11) is 0. The van der Waals surface area contributed by atoms with Gasteiger partial charge in [0.2, 0.25) is 0 Å². The number of rotatable bonds is 3. The lowest BCUT2D eigenvalue weighted by Crippen LogP contribution is -2.37. The van der Waals surface area contributed by atoms with E-state index in [9.17, 15) is 0 Å². The van der Waals surface area contributed by atoms with Crippen molar-refractivity contribution in [2.75, 3.05) is 0 Å². The van der Waals surface area contributed by atoms with E-state index in [0.717, 1.165) is 0 Å². The maximum atomic E-state index is 8.70. The van der Waals surface area contributed by atoms with Gasteiger partial charge in [0.05, 0.1) is 6.10 Å². The maximum Gasteiger partial charge on any atom is 0.0952 e.